The number of hydrogen-bond donors (Lipinski definition) is 4. The van der Waals surface area contributed by atoms with Crippen molar-refractivity contribution in [3.63, 3.8) is 0 Å². The van der Waals surface area contributed by atoms with Gasteiger partial charge in [-0.15, -0.1) is 0 Å². The summed E-state index contributed by atoms with van der Waals surface area (Å²) in [5, 5.41) is 15.9. The molecule has 1 saturated heterocycles. The number of guanidine groups is 1. The lowest BCUT2D eigenvalue weighted by molar-refractivity contribution is -0.144. The number of hydrazine groups is 2. The maximum absolute atomic E-state index is 12.3. The number of likely N-dealkylation sites (tertiary alicyclic amines) is 1. The minimum absolute atomic E-state index is 0.0222. The van der Waals surface area contributed by atoms with Gasteiger partial charge < -0.3 is 20.3 Å². The Labute approximate surface area is 182 Å². The maximum Gasteiger partial charge on any atom is 0.262 e. The summed E-state index contributed by atoms with van der Waals surface area (Å²) in [4.78, 5) is 30.8. The van der Waals surface area contributed by atoms with Crippen LogP contribution >= 0.6 is 0 Å². The van der Waals surface area contributed by atoms with Crippen LogP contribution in [0, 0.1) is 0 Å². The molecule has 0 saturated carbocycles. The van der Waals surface area contributed by atoms with Gasteiger partial charge in [-0.2, -0.15) is 10.1 Å². The first-order valence-corrected chi connectivity index (χ1v) is 9.61. The lowest BCUT2D eigenvalue weighted by atomic mass is 9.98. The predicted octanol–water partition coefficient (Wildman–Crippen LogP) is -0.500. The number of nitrogens with one attached hydrogen (secondary N) is 1. The number of nitrogens with two attached hydrogens (primary N) is 2. The molecule has 0 spiro atoms. The number of likely N-dealkylation sites (N-methyl/N-ethyl adjacent to an activating group) is 1. The molecule has 4 heterocycles. The number of carbonyl (C=O) groups excluding carboxylic acids is 1. The van der Waals surface area contributed by atoms with Crippen LogP contribution in [0.4, 0.5) is 5.95 Å². The van der Waals surface area contributed by atoms with Crippen molar-refractivity contribution in [2.45, 2.75) is 12.0 Å². The van der Waals surface area contributed by atoms with Crippen LogP contribution in [0.15, 0.2) is 46.0 Å². The van der Waals surface area contributed by atoms with E-state index in [1.165, 1.54) is 17.2 Å². The third-order valence-corrected chi connectivity index (χ3v) is 4.86. The summed E-state index contributed by atoms with van der Waals surface area (Å²) in [5.41, 5.74) is 8.50. The van der Waals surface area contributed by atoms with E-state index in [4.69, 9.17) is 16.1 Å². The molecule has 3 aromatic rings. The van der Waals surface area contributed by atoms with Crippen molar-refractivity contribution in [2.24, 2.45) is 16.6 Å². The fourth-order valence-corrected chi connectivity index (χ4v) is 3.25. The Kier molecular flexibility index (Phi) is 5.52. The molecule has 3 aromatic heterocycles. The number of nitrogens with zero attached hydrogens (tertiary/aromatic N) is 7. The summed E-state index contributed by atoms with van der Waals surface area (Å²) in [7, 11) is 3.19. The molecule has 0 radical (unpaired) electrons. The number of aromatic nitrogens is 4. The minimum Gasteiger partial charge on any atom is -0.373 e. The highest BCUT2D eigenvalue weighted by atomic mass is 16.5. The molecule has 0 aromatic carbocycles. The summed E-state index contributed by atoms with van der Waals surface area (Å²) in [5.74, 6) is 5.27. The first-order valence-electron chi connectivity index (χ1n) is 9.61. The zero-order valence-electron chi connectivity index (χ0n) is 17.4. The predicted molar refractivity (Wildman–Crippen MR) is 113 cm³/mol. The summed E-state index contributed by atoms with van der Waals surface area (Å²) in [6, 6.07) is 8.47. The van der Waals surface area contributed by atoms with E-state index >= 15 is 0 Å². The van der Waals surface area contributed by atoms with Gasteiger partial charge in [-0.25, -0.2) is 15.0 Å². The second-order valence-corrected chi connectivity index (χ2v) is 7.28. The molecule has 1 atom stereocenters. The summed E-state index contributed by atoms with van der Waals surface area (Å²) >= 11 is 0. The lowest BCUT2D eigenvalue weighted by Gasteiger charge is -2.16. The maximum atomic E-state index is 12.3. The third kappa shape index (κ3) is 4.12. The first kappa shape index (κ1) is 21.3. The van der Waals surface area contributed by atoms with E-state index in [-0.39, 0.29) is 24.1 Å². The number of rotatable bonds is 5. The Bertz CT molecular complexity index is 1180. The average Bonchev–Trinajstić information content (AvgIpc) is 3.36. The molecular weight excluding hydrogens is 416 g/mol. The van der Waals surface area contributed by atoms with Crippen LogP contribution in [-0.4, -0.2) is 67.7 Å². The molecular formula is C19H22N10O3. The number of aliphatic imine (C=N–C) groups is 1. The van der Waals surface area contributed by atoms with Crippen molar-refractivity contribution in [2.75, 3.05) is 20.6 Å². The van der Waals surface area contributed by atoms with Crippen LogP contribution in [0.2, 0.25) is 0 Å². The van der Waals surface area contributed by atoms with Crippen molar-refractivity contribution < 1.29 is 14.4 Å². The highest BCUT2D eigenvalue weighted by molar-refractivity contribution is 5.87. The number of pyridine rings is 1. The first-order chi connectivity index (χ1) is 15.3. The van der Waals surface area contributed by atoms with Gasteiger partial charge in [0.15, 0.2) is 5.76 Å². The van der Waals surface area contributed by atoms with Gasteiger partial charge in [0.1, 0.15) is 5.69 Å². The highest BCUT2D eigenvalue weighted by Crippen LogP contribution is 2.34. The Morgan fingerprint density at radius 1 is 1.28 bits per heavy atom. The van der Waals surface area contributed by atoms with Crippen LogP contribution in [0.25, 0.3) is 22.8 Å². The van der Waals surface area contributed by atoms with Crippen LogP contribution in [0.5, 0.6) is 0 Å². The summed E-state index contributed by atoms with van der Waals surface area (Å²) in [6.45, 7) is 0.430. The van der Waals surface area contributed by atoms with Gasteiger partial charge in [0, 0.05) is 39.3 Å². The van der Waals surface area contributed by atoms with E-state index in [9.17, 15) is 9.90 Å². The van der Waals surface area contributed by atoms with Crippen molar-refractivity contribution in [3.05, 3.63) is 42.3 Å². The monoisotopic (exact) mass is 438 g/mol. The van der Waals surface area contributed by atoms with E-state index < -0.39 is 11.5 Å². The average molecular weight is 438 g/mol. The smallest absolute Gasteiger partial charge is 0.262 e. The van der Waals surface area contributed by atoms with E-state index in [0.717, 1.165) is 5.12 Å². The molecule has 1 unspecified atom stereocenters. The minimum atomic E-state index is -1.72. The van der Waals surface area contributed by atoms with Crippen LogP contribution < -0.4 is 17.0 Å². The Morgan fingerprint density at radius 2 is 2.00 bits per heavy atom. The quantitative estimate of drug-likeness (QED) is 0.174. The zero-order chi connectivity index (χ0) is 22.9. The molecule has 1 fully saturated rings. The Morgan fingerprint density at radius 3 is 2.69 bits per heavy atom. The fraction of sp³-hybridized carbons (Fsp3) is 0.263. The van der Waals surface area contributed by atoms with Crippen molar-refractivity contribution in [3.8, 4) is 22.8 Å². The second kappa shape index (κ2) is 8.30. The van der Waals surface area contributed by atoms with E-state index in [1.54, 1.807) is 38.4 Å². The second-order valence-electron chi connectivity index (χ2n) is 7.28. The number of carbonyl (C=O) groups is 1. The van der Waals surface area contributed by atoms with Crippen molar-refractivity contribution >= 4 is 17.8 Å². The molecule has 6 N–H and O–H groups in total. The summed E-state index contributed by atoms with van der Waals surface area (Å²) in [6.07, 6.45) is 1.76. The third-order valence-electron chi connectivity index (χ3n) is 4.86. The SMILES string of the molecule is CN(N)N/C(N)=N\c1nccc(-c2cccc(-c3cc(C4(O)CCN(C)C4=O)on3)n2)n1. The van der Waals surface area contributed by atoms with Gasteiger partial charge in [-0.05, 0) is 18.2 Å². The molecule has 1 amide bonds. The molecule has 32 heavy (non-hydrogen) atoms. The molecule has 13 nitrogen and oxygen atoms in total. The zero-order valence-corrected chi connectivity index (χ0v) is 17.4. The van der Waals surface area contributed by atoms with Gasteiger partial charge >= 0.3 is 0 Å². The molecule has 1 aliphatic heterocycles. The largest absolute Gasteiger partial charge is 0.373 e. The van der Waals surface area contributed by atoms with Gasteiger partial charge in [-0.1, -0.05) is 11.2 Å². The van der Waals surface area contributed by atoms with Crippen LogP contribution in [0.1, 0.15) is 12.2 Å². The topological polar surface area (TPSA) is 185 Å². The van der Waals surface area contributed by atoms with E-state index in [1.807, 2.05) is 0 Å². The van der Waals surface area contributed by atoms with Crippen molar-refractivity contribution in [1.29, 1.82) is 0 Å². The number of amides is 1. The van der Waals surface area contributed by atoms with E-state index in [2.05, 4.69) is 30.5 Å². The molecule has 1 aliphatic rings. The standard InChI is InChI=1S/C19H22N10O3/c1-28-9-7-19(31,16(28)30)15-10-14(27-32-15)12-5-3-4-11(23-12)13-6-8-22-18(24-13)25-17(20)26-29(2)21/h3-6,8,10,31H,7,9,21H2,1-2H3,(H3,20,22,24,25,26). The number of aliphatic hydroxyl groups is 1. The molecule has 13 heteroatoms. The summed E-state index contributed by atoms with van der Waals surface area (Å²) < 4.78 is 5.30. The molecule has 166 valence electrons. The number of hydrogen-bond acceptors (Lipinski definition) is 10. The van der Waals surface area contributed by atoms with E-state index in [0.29, 0.717) is 29.3 Å². The normalized spacial score (nSPS) is 19.1. The fourth-order valence-electron chi connectivity index (χ4n) is 3.25. The molecule has 0 aliphatic carbocycles. The van der Waals surface area contributed by atoms with Gasteiger partial charge in [0.2, 0.25) is 11.6 Å². The molecule has 4 rings (SSSR count). The Hall–Kier alpha value is -3.94. The van der Waals surface area contributed by atoms with Crippen LogP contribution in [-0.2, 0) is 10.4 Å². The van der Waals surface area contributed by atoms with Gasteiger partial charge in [-0.3, -0.25) is 16.1 Å². The van der Waals surface area contributed by atoms with Crippen molar-refractivity contribution in [1.82, 2.24) is 35.6 Å². The highest BCUT2D eigenvalue weighted by Gasteiger charge is 2.48. The molecule has 0 bridgehead atoms. The van der Waals surface area contributed by atoms with Gasteiger partial charge in [0.25, 0.3) is 11.9 Å². The lowest BCUT2D eigenvalue weighted by Crippen LogP contribution is -2.47. The van der Waals surface area contributed by atoms with Gasteiger partial charge in [0.05, 0.1) is 17.1 Å². The van der Waals surface area contributed by atoms with Crippen LogP contribution in [0.3, 0.4) is 0 Å². The Balaban J connectivity index is 1.61.